The van der Waals surface area contributed by atoms with Gasteiger partial charge in [0.1, 0.15) is 6.04 Å². The number of nitrogens with one attached hydrogen (secondary N) is 1. The van der Waals surface area contributed by atoms with E-state index in [0.29, 0.717) is 24.8 Å². The number of methoxy groups -OCH3 is 1. The van der Waals surface area contributed by atoms with Crippen LogP contribution in [-0.4, -0.2) is 36.9 Å². The number of esters is 1. The molecule has 1 rings (SSSR count). The van der Waals surface area contributed by atoms with Crippen LogP contribution in [0.3, 0.4) is 0 Å². The van der Waals surface area contributed by atoms with E-state index in [1.54, 1.807) is 12.2 Å². The average molecular weight is 294 g/mol. The molecule has 0 spiro atoms. The molecule has 116 valence electrons. The van der Waals surface area contributed by atoms with E-state index in [2.05, 4.69) is 10.1 Å². The smallest absolute Gasteiger partial charge is 0.328 e. The molecular weight excluding hydrogens is 272 g/mol. The van der Waals surface area contributed by atoms with Crippen LogP contribution in [0.2, 0.25) is 0 Å². The minimum atomic E-state index is -0.972. The summed E-state index contributed by atoms with van der Waals surface area (Å²) in [4.78, 5) is 35.6. The monoisotopic (exact) mass is 294 g/mol. The third-order valence-electron chi connectivity index (χ3n) is 3.21. The van der Waals surface area contributed by atoms with Crippen LogP contribution < -0.4 is 11.1 Å². The van der Waals surface area contributed by atoms with E-state index < -0.39 is 12.0 Å². The largest absolute Gasteiger partial charge is 0.467 e. The Labute approximate surface area is 124 Å². The molecule has 6 heteroatoms. The van der Waals surface area contributed by atoms with Gasteiger partial charge in [0.25, 0.3) is 0 Å². The zero-order valence-electron chi connectivity index (χ0n) is 12.4. The fraction of sp³-hybridized carbons (Fsp3) is 0.533. The predicted molar refractivity (Wildman–Crippen MR) is 78.3 cm³/mol. The van der Waals surface area contributed by atoms with Crippen molar-refractivity contribution in [2.24, 2.45) is 5.73 Å². The molecule has 0 saturated carbocycles. The Balaban J connectivity index is 2.74. The number of Topliss-reactive ketones (excluding diaryl/α,β-unsaturated/α-hetero) is 1. The first-order chi connectivity index (χ1) is 9.99. The lowest BCUT2D eigenvalue weighted by molar-refractivity contribution is -0.146. The molecule has 0 aromatic heterocycles. The fourth-order valence-corrected chi connectivity index (χ4v) is 2.08. The molecule has 1 aliphatic rings. The van der Waals surface area contributed by atoms with Gasteiger partial charge in [0.2, 0.25) is 5.91 Å². The maximum absolute atomic E-state index is 12.2. The second-order valence-electron chi connectivity index (χ2n) is 4.91. The first-order valence-electron chi connectivity index (χ1n) is 7.02. The van der Waals surface area contributed by atoms with Gasteiger partial charge in [0.15, 0.2) is 5.78 Å². The topological polar surface area (TPSA) is 98.5 Å². The highest BCUT2D eigenvalue weighted by molar-refractivity contribution is 6.00. The zero-order chi connectivity index (χ0) is 15.8. The van der Waals surface area contributed by atoms with Gasteiger partial charge in [0.05, 0.1) is 7.11 Å². The highest BCUT2D eigenvalue weighted by atomic mass is 16.5. The van der Waals surface area contributed by atoms with Crippen LogP contribution in [0.25, 0.3) is 0 Å². The quantitative estimate of drug-likeness (QED) is 0.671. The minimum absolute atomic E-state index is 0.143. The first-order valence-corrected chi connectivity index (χ1v) is 7.02. The van der Waals surface area contributed by atoms with Gasteiger partial charge in [-0.05, 0) is 12.8 Å². The van der Waals surface area contributed by atoms with Crippen molar-refractivity contribution in [1.29, 1.82) is 0 Å². The molecule has 0 bridgehead atoms. The highest BCUT2D eigenvalue weighted by Crippen LogP contribution is 2.15. The summed E-state index contributed by atoms with van der Waals surface area (Å²) in [6.45, 7) is 1.86. The summed E-state index contributed by atoms with van der Waals surface area (Å²) in [5, 5.41) is 2.53. The summed E-state index contributed by atoms with van der Waals surface area (Å²) >= 11 is 0. The summed E-state index contributed by atoms with van der Waals surface area (Å²) in [5.74, 6) is -1.16. The summed E-state index contributed by atoms with van der Waals surface area (Å²) in [7, 11) is 1.22. The number of carbonyl (C=O) groups is 3. The lowest BCUT2D eigenvalue weighted by Crippen LogP contribution is -2.43. The van der Waals surface area contributed by atoms with E-state index >= 15 is 0 Å². The van der Waals surface area contributed by atoms with Crippen molar-refractivity contribution in [2.75, 3.05) is 7.11 Å². The van der Waals surface area contributed by atoms with Crippen molar-refractivity contribution < 1.29 is 19.1 Å². The third-order valence-corrected chi connectivity index (χ3v) is 3.21. The van der Waals surface area contributed by atoms with Gasteiger partial charge in [-0.1, -0.05) is 25.2 Å². The van der Waals surface area contributed by atoms with Crippen LogP contribution in [0.4, 0.5) is 0 Å². The average Bonchev–Trinajstić information content (AvgIpc) is 2.46. The summed E-state index contributed by atoms with van der Waals surface area (Å²) in [6, 6.07) is -1.34. The second-order valence-corrected chi connectivity index (χ2v) is 4.91. The molecular formula is C15H22N2O4. The van der Waals surface area contributed by atoms with Crippen LogP contribution in [0.1, 0.15) is 32.6 Å². The molecule has 2 unspecified atom stereocenters. The van der Waals surface area contributed by atoms with Crippen molar-refractivity contribution in [3.63, 3.8) is 0 Å². The number of ketones is 1. The molecule has 21 heavy (non-hydrogen) atoms. The van der Waals surface area contributed by atoms with Crippen LogP contribution in [0.5, 0.6) is 0 Å². The molecule has 0 aromatic rings. The van der Waals surface area contributed by atoms with Gasteiger partial charge in [0, 0.05) is 24.5 Å². The SMILES string of the molecule is CCCC(=O)NC(CC(=O)C1=CC=CCC1N)C(=O)OC. The zero-order valence-corrected chi connectivity index (χ0v) is 12.4. The Kier molecular flexibility index (Phi) is 6.81. The van der Waals surface area contributed by atoms with E-state index in [0.717, 1.165) is 0 Å². The van der Waals surface area contributed by atoms with Crippen molar-refractivity contribution in [3.8, 4) is 0 Å². The summed E-state index contributed by atoms with van der Waals surface area (Å²) in [6.07, 6.45) is 6.69. The van der Waals surface area contributed by atoms with E-state index in [1.165, 1.54) is 7.11 Å². The molecule has 0 radical (unpaired) electrons. The lowest BCUT2D eigenvalue weighted by atomic mass is 9.93. The van der Waals surface area contributed by atoms with Crippen molar-refractivity contribution in [1.82, 2.24) is 5.32 Å². The minimum Gasteiger partial charge on any atom is -0.467 e. The molecule has 0 fully saturated rings. The van der Waals surface area contributed by atoms with Crippen LogP contribution in [0, 0.1) is 0 Å². The van der Waals surface area contributed by atoms with Gasteiger partial charge >= 0.3 is 5.97 Å². The normalized spacial score (nSPS) is 18.6. The number of carbonyl (C=O) groups excluding carboxylic acids is 3. The van der Waals surface area contributed by atoms with Crippen LogP contribution in [0.15, 0.2) is 23.8 Å². The van der Waals surface area contributed by atoms with Gasteiger partial charge in [-0.3, -0.25) is 9.59 Å². The van der Waals surface area contributed by atoms with Crippen LogP contribution >= 0.6 is 0 Å². The molecule has 3 N–H and O–H groups in total. The molecule has 0 saturated heterocycles. The maximum atomic E-state index is 12.2. The van der Waals surface area contributed by atoms with E-state index in [1.807, 2.05) is 13.0 Å². The standard InChI is InChI=1S/C15H22N2O4/c1-3-6-14(19)17-12(15(20)21-2)9-13(18)10-7-4-5-8-11(10)16/h4-5,7,11-12H,3,6,8-9,16H2,1-2H3,(H,17,19). The molecule has 0 aromatic carbocycles. The molecule has 0 heterocycles. The van der Waals surface area contributed by atoms with Crippen molar-refractivity contribution in [2.45, 2.75) is 44.7 Å². The molecule has 1 amide bonds. The Morgan fingerprint density at radius 2 is 2.19 bits per heavy atom. The predicted octanol–water partition coefficient (Wildman–Crippen LogP) is 0.617. The van der Waals surface area contributed by atoms with E-state index in [9.17, 15) is 14.4 Å². The number of amides is 1. The molecule has 2 atom stereocenters. The highest BCUT2D eigenvalue weighted by Gasteiger charge is 2.27. The maximum Gasteiger partial charge on any atom is 0.328 e. The summed E-state index contributed by atoms with van der Waals surface area (Å²) < 4.78 is 4.64. The third kappa shape index (κ3) is 5.15. The summed E-state index contributed by atoms with van der Waals surface area (Å²) in [5.41, 5.74) is 6.34. The number of hydrogen-bond acceptors (Lipinski definition) is 5. The molecule has 6 nitrogen and oxygen atoms in total. The molecule has 0 aliphatic heterocycles. The fourth-order valence-electron chi connectivity index (χ4n) is 2.08. The Morgan fingerprint density at radius 1 is 1.48 bits per heavy atom. The van der Waals surface area contributed by atoms with Crippen molar-refractivity contribution in [3.05, 3.63) is 23.8 Å². The second kappa shape index (κ2) is 8.36. The number of hydrogen-bond donors (Lipinski definition) is 2. The first kappa shape index (κ1) is 17.1. The van der Waals surface area contributed by atoms with Gasteiger partial charge in [-0.2, -0.15) is 0 Å². The Bertz CT molecular complexity index is 468. The van der Waals surface area contributed by atoms with E-state index in [-0.39, 0.29) is 24.2 Å². The number of allylic oxidation sites excluding steroid dienone is 2. The molecule has 1 aliphatic carbocycles. The van der Waals surface area contributed by atoms with Gasteiger partial charge in [-0.25, -0.2) is 4.79 Å². The van der Waals surface area contributed by atoms with Gasteiger partial charge < -0.3 is 15.8 Å². The Hall–Kier alpha value is -1.95. The number of nitrogens with two attached hydrogens (primary N) is 1. The van der Waals surface area contributed by atoms with Crippen molar-refractivity contribution >= 4 is 17.7 Å². The van der Waals surface area contributed by atoms with Gasteiger partial charge in [-0.15, -0.1) is 0 Å². The lowest BCUT2D eigenvalue weighted by Gasteiger charge is -2.20. The van der Waals surface area contributed by atoms with E-state index in [4.69, 9.17) is 5.73 Å². The number of ether oxygens (including phenoxy) is 1. The number of rotatable bonds is 7. The van der Waals surface area contributed by atoms with Crippen LogP contribution in [-0.2, 0) is 19.1 Å². The Morgan fingerprint density at radius 3 is 2.76 bits per heavy atom.